The number of halogens is 1. The van der Waals surface area contributed by atoms with Crippen molar-refractivity contribution in [3.8, 4) is 0 Å². The van der Waals surface area contributed by atoms with Gasteiger partial charge in [-0.25, -0.2) is 4.98 Å². The SMILES string of the molecule is CCC1(CC)CCN(c2cc(N)cc(Cl)n2)CC1. The van der Waals surface area contributed by atoms with Gasteiger partial charge < -0.3 is 10.6 Å². The Kier molecular flexibility index (Phi) is 4.00. The van der Waals surface area contributed by atoms with Crippen molar-refractivity contribution >= 4 is 23.1 Å². The van der Waals surface area contributed by atoms with Crippen LogP contribution in [0.1, 0.15) is 39.5 Å². The predicted molar refractivity (Wildman–Crippen MR) is 78.1 cm³/mol. The first kappa shape index (κ1) is 13.5. The van der Waals surface area contributed by atoms with Gasteiger partial charge in [-0.3, -0.25) is 0 Å². The molecule has 1 fully saturated rings. The first-order valence-corrected chi connectivity index (χ1v) is 7.14. The minimum atomic E-state index is 0.479. The van der Waals surface area contributed by atoms with E-state index < -0.39 is 0 Å². The molecule has 2 N–H and O–H groups in total. The van der Waals surface area contributed by atoms with Gasteiger partial charge in [0.2, 0.25) is 0 Å². The number of aromatic nitrogens is 1. The number of pyridine rings is 1. The zero-order valence-electron chi connectivity index (χ0n) is 11.2. The van der Waals surface area contributed by atoms with Crippen molar-refractivity contribution in [2.75, 3.05) is 23.7 Å². The third-order valence-electron chi connectivity index (χ3n) is 4.45. The van der Waals surface area contributed by atoms with Crippen molar-refractivity contribution in [1.82, 2.24) is 4.98 Å². The zero-order valence-corrected chi connectivity index (χ0v) is 12.0. The maximum Gasteiger partial charge on any atom is 0.133 e. The number of hydrogen-bond acceptors (Lipinski definition) is 3. The van der Waals surface area contributed by atoms with Crippen LogP contribution in [0, 0.1) is 5.41 Å². The second-order valence-corrected chi connectivity index (χ2v) is 5.66. The molecule has 0 amide bonds. The van der Waals surface area contributed by atoms with E-state index in [9.17, 15) is 0 Å². The van der Waals surface area contributed by atoms with Crippen molar-refractivity contribution in [2.24, 2.45) is 5.41 Å². The van der Waals surface area contributed by atoms with Crippen LogP contribution < -0.4 is 10.6 Å². The van der Waals surface area contributed by atoms with Gasteiger partial charge in [0.1, 0.15) is 11.0 Å². The van der Waals surface area contributed by atoms with Crippen molar-refractivity contribution in [1.29, 1.82) is 0 Å². The summed E-state index contributed by atoms with van der Waals surface area (Å²) in [7, 11) is 0. The summed E-state index contributed by atoms with van der Waals surface area (Å²) in [6.07, 6.45) is 4.99. The monoisotopic (exact) mass is 267 g/mol. The highest BCUT2D eigenvalue weighted by molar-refractivity contribution is 6.29. The van der Waals surface area contributed by atoms with E-state index in [1.54, 1.807) is 6.07 Å². The highest BCUT2D eigenvalue weighted by atomic mass is 35.5. The number of rotatable bonds is 3. The van der Waals surface area contributed by atoms with Crippen LogP contribution >= 0.6 is 11.6 Å². The molecular weight excluding hydrogens is 246 g/mol. The van der Waals surface area contributed by atoms with Gasteiger partial charge in [-0.2, -0.15) is 0 Å². The van der Waals surface area contributed by atoms with Crippen molar-refractivity contribution in [2.45, 2.75) is 39.5 Å². The van der Waals surface area contributed by atoms with Crippen molar-refractivity contribution in [3.05, 3.63) is 17.3 Å². The van der Waals surface area contributed by atoms with Crippen molar-refractivity contribution in [3.63, 3.8) is 0 Å². The van der Waals surface area contributed by atoms with Crippen LogP contribution in [0.2, 0.25) is 5.15 Å². The first-order chi connectivity index (χ1) is 8.58. The molecule has 18 heavy (non-hydrogen) atoms. The minimum absolute atomic E-state index is 0.479. The second kappa shape index (κ2) is 5.35. The normalized spacial score (nSPS) is 18.9. The fraction of sp³-hybridized carbons (Fsp3) is 0.643. The molecule has 1 aromatic heterocycles. The summed E-state index contributed by atoms with van der Waals surface area (Å²) in [5.41, 5.74) is 7.04. The lowest BCUT2D eigenvalue weighted by Gasteiger charge is -2.41. The standard InChI is InChI=1S/C14H22ClN3/c1-3-14(4-2)5-7-18(8-6-14)13-10-11(16)9-12(15)17-13/h9-10H,3-8H2,1-2H3,(H2,16,17). The molecule has 0 aliphatic carbocycles. The lowest BCUT2D eigenvalue weighted by atomic mass is 9.74. The highest BCUT2D eigenvalue weighted by Crippen LogP contribution is 2.39. The van der Waals surface area contributed by atoms with E-state index >= 15 is 0 Å². The molecule has 1 aromatic rings. The average molecular weight is 268 g/mol. The number of nitrogens with two attached hydrogens (primary N) is 1. The van der Waals surface area contributed by atoms with Crippen LogP contribution in [-0.4, -0.2) is 18.1 Å². The molecule has 1 aliphatic heterocycles. The van der Waals surface area contributed by atoms with Gasteiger partial charge in [0, 0.05) is 24.8 Å². The Morgan fingerprint density at radius 2 is 1.89 bits per heavy atom. The molecule has 0 bridgehead atoms. The molecule has 2 rings (SSSR count). The second-order valence-electron chi connectivity index (χ2n) is 5.28. The molecule has 0 atom stereocenters. The summed E-state index contributed by atoms with van der Waals surface area (Å²) in [5, 5.41) is 0.479. The van der Waals surface area contributed by atoms with E-state index in [4.69, 9.17) is 17.3 Å². The lowest BCUT2D eigenvalue weighted by molar-refractivity contribution is 0.199. The lowest BCUT2D eigenvalue weighted by Crippen LogP contribution is -2.40. The molecule has 1 aliphatic rings. The van der Waals surface area contributed by atoms with Crippen LogP contribution in [0.3, 0.4) is 0 Å². The summed E-state index contributed by atoms with van der Waals surface area (Å²) in [4.78, 5) is 6.67. The Labute approximate surface area is 114 Å². The van der Waals surface area contributed by atoms with Gasteiger partial charge in [-0.05, 0) is 24.3 Å². The molecule has 0 saturated carbocycles. The van der Waals surface area contributed by atoms with Crippen LogP contribution in [0.15, 0.2) is 12.1 Å². The summed E-state index contributed by atoms with van der Waals surface area (Å²) in [5.74, 6) is 0.917. The van der Waals surface area contributed by atoms with Gasteiger partial charge in [-0.1, -0.05) is 38.3 Å². The summed E-state index contributed by atoms with van der Waals surface area (Å²) < 4.78 is 0. The Morgan fingerprint density at radius 3 is 2.39 bits per heavy atom. The van der Waals surface area contributed by atoms with E-state index in [1.807, 2.05) is 6.07 Å². The largest absolute Gasteiger partial charge is 0.399 e. The first-order valence-electron chi connectivity index (χ1n) is 6.76. The van der Waals surface area contributed by atoms with E-state index in [0.29, 0.717) is 16.3 Å². The molecule has 0 aromatic carbocycles. The summed E-state index contributed by atoms with van der Waals surface area (Å²) in [6, 6.07) is 3.61. The maximum atomic E-state index is 5.96. The molecular formula is C14H22ClN3. The number of hydrogen-bond donors (Lipinski definition) is 1. The van der Waals surface area contributed by atoms with Gasteiger partial charge in [0.15, 0.2) is 0 Å². The van der Waals surface area contributed by atoms with E-state index in [1.165, 1.54) is 25.7 Å². The van der Waals surface area contributed by atoms with Gasteiger partial charge >= 0.3 is 0 Å². The fourth-order valence-electron chi connectivity index (χ4n) is 2.83. The third-order valence-corrected chi connectivity index (χ3v) is 4.64. The van der Waals surface area contributed by atoms with Crippen LogP contribution in [0.25, 0.3) is 0 Å². The third kappa shape index (κ3) is 2.72. The average Bonchev–Trinajstić information content (AvgIpc) is 2.38. The Bertz CT molecular complexity index is 385. The van der Waals surface area contributed by atoms with E-state index in [-0.39, 0.29) is 0 Å². The zero-order chi connectivity index (χ0) is 13.2. The maximum absolute atomic E-state index is 5.96. The Hall–Kier alpha value is -0.960. The van der Waals surface area contributed by atoms with E-state index in [2.05, 4.69) is 23.7 Å². The Balaban J connectivity index is 2.09. The van der Waals surface area contributed by atoms with Gasteiger partial charge in [-0.15, -0.1) is 0 Å². The smallest absolute Gasteiger partial charge is 0.133 e. The highest BCUT2D eigenvalue weighted by Gasteiger charge is 2.31. The summed E-state index contributed by atoms with van der Waals surface area (Å²) >= 11 is 5.96. The number of piperidine rings is 1. The topological polar surface area (TPSA) is 42.1 Å². The van der Waals surface area contributed by atoms with Gasteiger partial charge in [0.25, 0.3) is 0 Å². The molecule has 2 heterocycles. The number of anilines is 2. The predicted octanol–water partition coefficient (Wildman–Crippen LogP) is 3.72. The molecule has 3 nitrogen and oxygen atoms in total. The molecule has 1 saturated heterocycles. The molecule has 100 valence electrons. The Morgan fingerprint density at radius 1 is 1.28 bits per heavy atom. The van der Waals surface area contributed by atoms with E-state index in [0.717, 1.165) is 18.9 Å². The molecule has 0 radical (unpaired) electrons. The molecule has 0 unspecified atom stereocenters. The quantitative estimate of drug-likeness (QED) is 0.849. The van der Waals surface area contributed by atoms with Crippen LogP contribution in [0.5, 0.6) is 0 Å². The number of nitrogens with zero attached hydrogens (tertiary/aromatic N) is 2. The molecule has 4 heteroatoms. The summed E-state index contributed by atoms with van der Waals surface area (Å²) in [6.45, 7) is 6.70. The number of nitrogen functional groups attached to an aromatic ring is 1. The van der Waals surface area contributed by atoms with Crippen LogP contribution in [-0.2, 0) is 0 Å². The van der Waals surface area contributed by atoms with Crippen molar-refractivity contribution < 1.29 is 0 Å². The van der Waals surface area contributed by atoms with Crippen LogP contribution in [0.4, 0.5) is 11.5 Å². The minimum Gasteiger partial charge on any atom is -0.399 e. The van der Waals surface area contributed by atoms with Gasteiger partial charge in [0.05, 0.1) is 0 Å². The fourth-order valence-corrected chi connectivity index (χ4v) is 3.04. The molecule has 0 spiro atoms.